The van der Waals surface area contributed by atoms with Gasteiger partial charge in [-0.2, -0.15) is 5.26 Å². The molecule has 0 spiro atoms. The van der Waals surface area contributed by atoms with Crippen LogP contribution in [0.5, 0.6) is 11.5 Å². The molecule has 1 N–H and O–H groups in total. The van der Waals surface area contributed by atoms with Gasteiger partial charge in [0.25, 0.3) is 5.91 Å². The normalized spacial score (nSPS) is 10.8. The van der Waals surface area contributed by atoms with E-state index >= 15 is 0 Å². The summed E-state index contributed by atoms with van der Waals surface area (Å²) in [5, 5.41) is 12.0. The van der Waals surface area contributed by atoms with Crippen molar-refractivity contribution in [1.82, 2.24) is 5.32 Å². The Morgan fingerprint density at radius 2 is 1.96 bits per heavy atom. The van der Waals surface area contributed by atoms with Crippen molar-refractivity contribution in [3.05, 3.63) is 29.3 Å². The smallest absolute Gasteiger partial charge is 0.261 e. The van der Waals surface area contributed by atoms with Crippen molar-refractivity contribution in [3.63, 3.8) is 0 Å². The highest BCUT2D eigenvalue weighted by molar-refractivity contribution is 6.01. The second kappa shape index (κ2) is 10.3. The van der Waals surface area contributed by atoms with Gasteiger partial charge in [0.2, 0.25) is 0 Å². The van der Waals surface area contributed by atoms with E-state index in [4.69, 9.17) is 9.47 Å². The number of unbranched alkanes of at least 4 members (excludes halogenated alkanes) is 3. The molecule has 0 radical (unpaired) electrons. The summed E-state index contributed by atoms with van der Waals surface area (Å²) < 4.78 is 10.4. The Labute approximate surface area is 137 Å². The van der Waals surface area contributed by atoms with Crippen molar-refractivity contribution in [2.45, 2.75) is 32.6 Å². The van der Waals surface area contributed by atoms with Crippen molar-refractivity contribution in [3.8, 4) is 17.6 Å². The van der Waals surface area contributed by atoms with Crippen molar-refractivity contribution < 1.29 is 14.3 Å². The second-order valence-electron chi connectivity index (χ2n) is 5.10. The van der Waals surface area contributed by atoms with E-state index in [1.54, 1.807) is 38.5 Å². The third kappa shape index (κ3) is 6.03. The zero-order valence-corrected chi connectivity index (χ0v) is 14.0. The monoisotopic (exact) mass is 316 g/mol. The maximum Gasteiger partial charge on any atom is 0.261 e. The quantitative estimate of drug-likeness (QED) is 0.431. The van der Waals surface area contributed by atoms with Crippen LogP contribution >= 0.6 is 0 Å². The molecule has 1 amide bonds. The van der Waals surface area contributed by atoms with E-state index in [1.165, 1.54) is 0 Å². The minimum Gasteiger partial charge on any atom is -0.493 e. The molecule has 0 unspecified atom stereocenters. The average molecular weight is 316 g/mol. The summed E-state index contributed by atoms with van der Waals surface area (Å²) in [6, 6.07) is 7.18. The van der Waals surface area contributed by atoms with E-state index in [-0.39, 0.29) is 11.5 Å². The lowest BCUT2D eigenvalue weighted by atomic mass is 10.1. The lowest BCUT2D eigenvalue weighted by Gasteiger charge is -2.08. The van der Waals surface area contributed by atoms with Crippen LogP contribution < -0.4 is 14.8 Å². The Morgan fingerprint density at radius 3 is 2.57 bits per heavy atom. The Morgan fingerprint density at radius 1 is 1.22 bits per heavy atom. The number of carbonyl (C=O) groups excluding carboxylic acids is 1. The molecule has 0 fully saturated rings. The molecule has 0 saturated carbocycles. The highest BCUT2D eigenvalue weighted by Crippen LogP contribution is 2.28. The predicted molar refractivity (Wildman–Crippen MR) is 90.3 cm³/mol. The topological polar surface area (TPSA) is 71.4 Å². The summed E-state index contributed by atoms with van der Waals surface area (Å²) in [4.78, 5) is 12.0. The molecule has 0 heterocycles. The van der Waals surface area contributed by atoms with Crippen LogP contribution in [0.3, 0.4) is 0 Å². The SMILES string of the molecule is CCCCCCNC(=O)/C(C#N)=C/c1ccc(OC)c(OC)c1. The Hall–Kier alpha value is -2.48. The molecule has 0 aromatic heterocycles. The van der Waals surface area contributed by atoms with E-state index in [9.17, 15) is 10.1 Å². The number of nitrogens with one attached hydrogen (secondary N) is 1. The minimum absolute atomic E-state index is 0.0766. The van der Waals surface area contributed by atoms with E-state index in [2.05, 4.69) is 12.2 Å². The van der Waals surface area contributed by atoms with Gasteiger partial charge in [-0.3, -0.25) is 4.79 Å². The van der Waals surface area contributed by atoms with E-state index < -0.39 is 0 Å². The predicted octanol–water partition coefficient (Wildman–Crippen LogP) is 3.31. The first-order valence-electron chi connectivity index (χ1n) is 7.78. The number of amides is 1. The Bertz CT molecular complexity index is 588. The Balaban J connectivity index is 2.75. The number of nitrogens with zero attached hydrogens (tertiary/aromatic N) is 1. The van der Waals surface area contributed by atoms with Crippen molar-refractivity contribution in [2.24, 2.45) is 0 Å². The summed E-state index contributed by atoms with van der Waals surface area (Å²) in [6.45, 7) is 2.72. The molecule has 0 bridgehead atoms. The third-order valence-corrected chi connectivity index (χ3v) is 3.40. The first-order chi connectivity index (χ1) is 11.2. The lowest BCUT2D eigenvalue weighted by molar-refractivity contribution is -0.117. The zero-order valence-electron chi connectivity index (χ0n) is 14.0. The molecule has 124 valence electrons. The van der Waals surface area contributed by atoms with Crippen molar-refractivity contribution in [2.75, 3.05) is 20.8 Å². The van der Waals surface area contributed by atoms with Crippen LogP contribution in [-0.2, 0) is 4.79 Å². The number of nitriles is 1. The standard InChI is InChI=1S/C18H24N2O3/c1-4-5-6-7-10-20-18(21)15(13-19)11-14-8-9-16(22-2)17(12-14)23-3/h8-9,11-12H,4-7,10H2,1-3H3,(H,20,21)/b15-11+. The van der Waals surface area contributed by atoms with Crippen LogP contribution in [0, 0.1) is 11.3 Å². The van der Waals surface area contributed by atoms with Gasteiger partial charge < -0.3 is 14.8 Å². The molecular formula is C18H24N2O3. The molecule has 0 aliphatic rings. The van der Waals surface area contributed by atoms with E-state index in [0.29, 0.717) is 23.6 Å². The van der Waals surface area contributed by atoms with Crippen LogP contribution in [0.4, 0.5) is 0 Å². The molecule has 0 atom stereocenters. The molecule has 1 aromatic rings. The highest BCUT2D eigenvalue weighted by Gasteiger charge is 2.09. The van der Waals surface area contributed by atoms with Crippen molar-refractivity contribution in [1.29, 1.82) is 5.26 Å². The molecule has 0 saturated heterocycles. The number of carbonyl (C=O) groups is 1. The van der Waals surface area contributed by atoms with E-state index in [1.807, 2.05) is 6.07 Å². The number of methoxy groups -OCH3 is 2. The zero-order chi connectivity index (χ0) is 17.1. The average Bonchev–Trinajstić information content (AvgIpc) is 2.58. The number of rotatable bonds is 9. The summed E-state index contributed by atoms with van der Waals surface area (Å²) in [7, 11) is 3.10. The van der Waals surface area contributed by atoms with Gasteiger partial charge >= 0.3 is 0 Å². The first kappa shape index (κ1) is 18.6. The maximum atomic E-state index is 12.0. The molecule has 5 heteroatoms. The molecule has 1 aromatic carbocycles. The van der Waals surface area contributed by atoms with Gasteiger partial charge in [0.1, 0.15) is 11.6 Å². The highest BCUT2D eigenvalue weighted by atomic mass is 16.5. The van der Waals surface area contributed by atoms with Crippen LogP contribution in [0.25, 0.3) is 6.08 Å². The molecule has 1 rings (SSSR count). The summed E-state index contributed by atoms with van der Waals surface area (Å²) in [5.74, 6) is 0.806. The molecule has 23 heavy (non-hydrogen) atoms. The second-order valence-corrected chi connectivity index (χ2v) is 5.10. The van der Waals surface area contributed by atoms with Gasteiger partial charge in [-0.1, -0.05) is 32.3 Å². The van der Waals surface area contributed by atoms with Gasteiger partial charge in [0, 0.05) is 6.54 Å². The summed E-state index contributed by atoms with van der Waals surface area (Å²) >= 11 is 0. The summed E-state index contributed by atoms with van der Waals surface area (Å²) in [6.07, 6.45) is 5.86. The first-order valence-corrected chi connectivity index (χ1v) is 7.78. The third-order valence-electron chi connectivity index (χ3n) is 3.40. The van der Waals surface area contributed by atoms with Gasteiger partial charge in [-0.15, -0.1) is 0 Å². The number of hydrogen-bond donors (Lipinski definition) is 1. The molecular weight excluding hydrogens is 292 g/mol. The maximum absolute atomic E-state index is 12.0. The fraction of sp³-hybridized carbons (Fsp3) is 0.444. The van der Waals surface area contributed by atoms with Crippen molar-refractivity contribution >= 4 is 12.0 Å². The van der Waals surface area contributed by atoms with Crippen LogP contribution in [-0.4, -0.2) is 26.7 Å². The molecule has 0 aliphatic carbocycles. The fourth-order valence-electron chi connectivity index (χ4n) is 2.11. The number of benzene rings is 1. The van der Waals surface area contributed by atoms with Crippen LogP contribution in [0.15, 0.2) is 23.8 Å². The van der Waals surface area contributed by atoms with Gasteiger partial charge in [0.05, 0.1) is 14.2 Å². The molecule has 5 nitrogen and oxygen atoms in total. The van der Waals surface area contributed by atoms with Gasteiger partial charge in [-0.05, 0) is 30.2 Å². The fourth-order valence-corrected chi connectivity index (χ4v) is 2.11. The number of hydrogen-bond acceptors (Lipinski definition) is 4. The number of ether oxygens (including phenoxy) is 2. The van der Waals surface area contributed by atoms with Crippen LogP contribution in [0.1, 0.15) is 38.2 Å². The van der Waals surface area contributed by atoms with Gasteiger partial charge in [0.15, 0.2) is 11.5 Å². The van der Waals surface area contributed by atoms with Gasteiger partial charge in [-0.25, -0.2) is 0 Å². The van der Waals surface area contributed by atoms with E-state index in [0.717, 1.165) is 25.7 Å². The lowest BCUT2D eigenvalue weighted by Crippen LogP contribution is -2.25. The molecule has 0 aliphatic heterocycles. The van der Waals surface area contributed by atoms with Crippen LogP contribution in [0.2, 0.25) is 0 Å². The largest absolute Gasteiger partial charge is 0.493 e. The minimum atomic E-state index is -0.348. The summed E-state index contributed by atoms with van der Waals surface area (Å²) in [5.41, 5.74) is 0.785. The Kier molecular flexibility index (Phi) is 8.30.